The van der Waals surface area contributed by atoms with Crippen LogP contribution in [0.4, 0.5) is 10.2 Å². The zero-order valence-corrected chi connectivity index (χ0v) is 15.8. The minimum absolute atomic E-state index is 0.0585. The van der Waals surface area contributed by atoms with E-state index in [0.29, 0.717) is 35.1 Å². The van der Waals surface area contributed by atoms with E-state index in [1.54, 1.807) is 24.5 Å². The van der Waals surface area contributed by atoms with Crippen LogP contribution in [0.5, 0.6) is 5.88 Å². The van der Waals surface area contributed by atoms with Crippen LogP contribution in [0, 0.1) is 5.95 Å². The molecule has 0 aliphatic rings. The topological polar surface area (TPSA) is 100.0 Å². The molecule has 4 aromatic heterocycles. The van der Waals surface area contributed by atoms with E-state index in [4.69, 9.17) is 26.6 Å². The molecule has 0 aliphatic carbocycles. The Bertz CT molecular complexity index is 1110. The lowest BCUT2D eigenvalue weighted by atomic mass is 10.1. The SMILES string of the molecule is Nc1ncccc1-c1cc(Cc2ccc(OCc3cc(Cl)cc(F)n3)nc2)no1. The summed E-state index contributed by atoms with van der Waals surface area (Å²) in [6.45, 7) is 0.0585. The molecule has 0 saturated heterocycles. The Morgan fingerprint density at radius 3 is 2.76 bits per heavy atom. The van der Waals surface area contributed by atoms with Gasteiger partial charge in [-0.25, -0.2) is 15.0 Å². The molecule has 0 bridgehead atoms. The number of ether oxygens (including phenoxy) is 1. The van der Waals surface area contributed by atoms with Crippen molar-refractivity contribution in [2.75, 3.05) is 5.73 Å². The molecular formula is C20H15ClFN5O2. The Morgan fingerprint density at radius 1 is 1.10 bits per heavy atom. The van der Waals surface area contributed by atoms with Crippen molar-refractivity contribution in [3.05, 3.63) is 82.8 Å². The predicted molar refractivity (Wildman–Crippen MR) is 105 cm³/mol. The molecule has 9 heteroatoms. The number of hydrogen-bond donors (Lipinski definition) is 1. The molecule has 0 aromatic carbocycles. The molecule has 4 heterocycles. The van der Waals surface area contributed by atoms with Gasteiger partial charge < -0.3 is 15.0 Å². The van der Waals surface area contributed by atoms with Crippen LogP contribution in [-0.2, 0) is 13.0 Å². The predicted octanol–water partition coefficient (Wildman–Crippen LogP) is 4.07. The fraction of sp³-hybridized carbons (Fsp3) is 0.100. The smallest absolute Gasteiger partial charge is 0.214 e. The number of rotatable bonds is 6. The van der Waals surface area contributed by atoms with Crippen LogP contribution < -0.4 is 10.5 Å². The molecule has 0 atom stereocenters. The summed E-state index contributed by atoms with van der Waals surface area (Å²) in [6.07, 6.45) is 3.82. The fourth-order valence-electron chi connectivity index (χ4n) is 2.70. The Kier molecular flexibility index (Phi) is 5.35. The molecule has 4 rings (SSSR count). The first-order valence-corrected chi connectivity index (χ1v) is 9.01. The van der Waals surface area contributed by atoms with Crippen molar-refractivity contribution < 1.29 is 13.7 Å². The van der Waals surface area contributed by atoms with Crippen LogP contribution in [0.1, 0.15) is 17.0 Å². The van der Waals surface area contributed by atoms with Gasteiger partial charge in [0.2, 0.25) is 11.8 Å². The van der Waals surface area contributed by atoms with Gasteiger partial charge in [-0.3, -0.25) is 0 Å². The van der Waals surface area contributed by atoms with E-state index in [0.717, 1.165) is 17.3 Å². The summed E-state index contributed by atoms with van der Waals surface area (Å²) < 4.78 is 24.2. The highest BCUT2D eigenvalue weighted by Crippen LogP contribution is 2.25. The highest BCUT2D eigenvalue weighted by molar-refractivity contribution is 6.30. The van der Waals surface area contributed by atoms with Crippen molar-refractivity contribution in [2.45, 2.75) is 13.0 Å². The van der Waals surface area contributed by atoms with Crippen molar-refractivity contribution in [1.82, 2.24) is 20.1 Å². The molecule has 146 valence electrons. The maximum absolute atomic E-state index is 13.3. The Hall–Kier alpha value is -3.52. The first-order chi connectivity index (χ1) is 14.1. The molecule has 0 spiro atoms. The van der Waals surface area contributed by atoms with E-state index in [-0.39, 0.29) is 11.6 Å². The highest BCUT2D eigenvalue weighted by Gasteiger charge is 2.11. The third-order valence-corrected chi connectivity index (χ3v) is 4.24. The number of nitrogens with zero attached hydrogens (tertiary/aromatic N) is 4. The van der Waals surface area contributed by atoms with Gasteiger partial charge in [0.15, 0.2) is 5.76 Å². The van der Waals surface area contributed by atoms with Gasteiger partial charge in [0, 0.05) is 42.0 Å². The molecular weight excluding hydrogens is 397 g/mol. The Labute approximate surface area is 170 Å². The van der Waals surface area contributed by atoms with Crippen LogP contribution in [-0.4, -0.2) is 20.1 Å². The molecule has 0 fully saturated rings. The summed E-state index contributed by atoms with van der Waals surface area (Å²) in [5.41, 5.74) is 8.59. The van der Waals surface area contributed by atoms with Crippen molar-refractivity contribution in [3.8, 4) is 17.2 Å². The zero-order valence-electron chi connectivity index (χ0n) is 15.0. The quantitative estimate of drug-likeness (QED) is 0.477. The summed E-state index contributed by atoms with van der Waals surface area (Å²) in [6, 6.07) is 11.7. The number of halogens is 2. The maximum atomic E-state index is 13.3. The normalized spacial score (nSPS) is 10.8. The van der Waals surface area contributed by atoms with Crippen molar-refractivity contribution in [2.24, 2.45) is 0 Å². The third-order valence-electron chi connectivity index (χ3n) is 4.03. The summed E-state index contributed by atoms with van der Waals surface area (Å²) in [5, 5.41) is 4.33. The molecule has 29 heavy (non-hydrogen) atoms. The highest BCUT2D eigenvalue weighted by atomic mass is 35.5. The minimum Gasteiger partial charge on any atom is -0.471 e. The number of anilines is 1. The first-order valence-electron chi connectivity index (χ1n) is 8.63. The fourth-order valence-corrected chi connectivity index (χ4v) is 2.91. The van der Waals surface area contributed by atoms with Gasteiger partial charge in [-0.1, -0.05) is 22.8 Å². The average Bonchev–Trinajstić information content (AvgIpc) is 3.15. The molecule has 0 saturated carbocycles. The van der Waals surface area contributed by atoms with Gasteiger partial charge in [-0.2, -0.15) is 4.39 Å². The van der Waals surface area contributed by atoms with Gasteiger partial charge in [0.25, 0.3) is 0 Å². The molecule has 2 N–H and O–H groups in total. The third kappa shape index (κ3) is 4.67. The van der Waals surface area contributed by atoms with Gasteiger partial charge >= 0.3 is 0 Å². The number of hydrogen-bond acceptors (Lipinski definition) is 7. The van der Waals surface area contributed by atoms with Crippen LogP contribution in [0.25, 0.3) is 11.3 Å². The summed E-state index contributed by atoms with van der Waals surface area (Å²) in [7, 11) is 0. The number of pyridine rings is 3. The van der Waals surface area contributed by atoms with Gasteiger partial charge in [-0.05, 0) is 23.8 Å². The second-order valence-electron chi connectivity index (χ2n) is 6.19. The van der Waals surface area contributed by atoms with Crippen LogP contribution in [0.3, 0.4) is 0 Å². The van der Waals surface area contributed by atoms with Gasteiger partial charge in [-0.15, -0.1) is 0 Å². The number of nitrogen functional groups attached to an aromatic ring is 1. The zero-order chi connectivity index (χ0) is 20.2. The second-order valence-corrected chi connectivity index (χ2v) is 6.62. The minimum atomic E-state index is -0.653. The molecule has 0 amide bonds. The maximum Gasteiger partial charge on any atom is 0.214 e. The van der Waals surface area contributed by atoms with E-state index < -0.39 is 5.95 Å². The van der Waals surface area contributed by atoms with Crippen LogP contribution in [0.2, 0.25) is 5.02 Å². The first kappa shape index (κ1) is 18.8. The largest absolute Gasteiger partial charge is 0.471 e. The summed E-state index contributed by atoms with van der Waals surface area (Å²) in [5.74, 6) is 0.673. The molecule has 7 nitrogen and oxygen atoms in total. The van der Waals surface area contributed by atoms with E-state index >= 15 is 0 Å². The van der Waals surface area contributed by atoms with E-state index in [1.165, 1.54) is 6.07 Å². The molecule has 4 aromatic rings. The number of nitrogens with two attached hydrogens (primary N) is 1. The summed E-state index contributed by atoms with van der Waals surface area (Å²) >= 11 is 5.80. The van der Waals surface area contributed by atoms with E-state index in [1.807, 2.05) is 18.2 Å². The lowest BCUT2D eigenvalue weighted by Gasteiger charge is -2.06. The van der Waals surface area contributed by atoms with Gasteiger partial charge in [0.05, 0.1) is 17.0 Å². The molecule has 0 unspecified atom stereocenters. The van der Waals surface area contributed by atoms with Gasteiger partial charge in [0.1, 0.15) is 12.4 Å². The molecule has 0 radical (unpaired) electrons. The Balaban J connectivity index is 1.39. The Morgan fingerprint density at radius 2 is 2.00 bits per heavy atom. The average molecular weight is 412 g/mol. The standard InChI is InChI=1S/C20H15ClFN5O2/c21-13-7-15(26-18(22)8-13)11-28-19-4-3-12(10-25-19)6-14-9-17(29-27-14)16-2-1-5-24-20(16)23/h1-5,7-10H,6,11H2,(H2,23,24). The second kappa shape index (κ2) is 8.24. The van der Waals surface area contributed by atoms with Crippen LogP contribution >= 0.6 is 11.6 Å². The monoisotopic (exact) mass is 411 g/mol. The lowest BCUT2D eigenvalue weighted by Crippen LogP contribution is -2.01. The van der Waals surface area contributed by atoms with E-state index in [9.17, 15) is 4.39 Å². The molecule has 0 aliphatic heterocycles. The summed E-state index contributed by atoms with van der Waals surface area (Å²) in [4.78, 5) is 12.0. The van der Waals surface area contributed by atoms with Crippen molar-refractivity contribution in [3.63, 3.8) is 0 Å². The van der Waals surface area contributed by atoms with Crippen LogP contribution in [0.15, 0.2) is 59.4 Å². The lowest BCUT2D eigenvalue weighted by molar-refractivity contribution is 0.287. The van der Waals surface area contributed by atoms with Crippen molar-refractivity contribution in [1.29, 1.82) is 0 Å². The number of aromatic nitrogens is 4. The van der Waals surface area contributed by atoms with E-state index in [2.05, 4.69) is 20.1 Å². The van der Waals surface area contributed by atoms with Crippen molar-refractivity contribution >= 4 is 17.4 Å².